The second-order valence-electron chi connectivity index (χ2n) is 4.52. The minimum atomic E-state index is -4.65. The molecule has 1 aromatic rings. The van der Waals surface area contributed by atoms with E-state index in [1.54, 1.807) is 0 Å². The molecule has 0 heterocycles. The second-order valence-corrected chi connectivity index (χ2v) is 4.52. The molecule has 0 radical (unpaired) electrons. The van der Waals surface area contributed by atoms with Gasteiger partial charge in [0.25, 0.3) is 0 Å². The van der Waals surface area contributed by atoms with Crippen LogP contribution in [0.1, 0.15) is 36.4 Å². The summed E-state index contributed by atoms with van der Waals surface area (Å²) in [6, 6.07) is 2.55. The van der Waals surface area contributed by atoms with Crippen molar-refractivity contribution >= 4 is 0 Å². The Morgan fingerprint density at radius 3 is 2.41 bits per heavy atom. The first-order valence-corrected chi connectivity index (χ1v) is 5.50. The highest BCUT2D eigenvalue weighted by Crippen LogP contribution is 2.38. The summed E-state index contributed by atoms with van der Waals surface area (Å²) in [6.07, 6.45) is -1.72. The summed E-state index contributed by atoms with van der Waals surface area (Å²) in [5, 5.41) is 0. The van der Waals surface area contributed by atoms with Gasteiger partial charge < -0.3 is 5.73 Å². The first-order chi connectivity index (χ1) is 7.88. The predicted molar refractivity (Wildman–Crippen MR) is 55.7 cm³/mol. The third-order valence-electron chi connectivity index (χ3n) is 3.01. The number of hydrogen-bond acceptors (Lipinski definition) is 1. The lowest BCUT2D eigenvalue weighted by atomic mass is 10.0. The molecule has 0 aliphatic heterocycles. The van der Waals surface area contributed by atoms with E-state index in [2.05, 4.69) is 0 Å². The van der Waals surface area contributed by atoms with E-state index in [1.165, 1.54) is 6.07 Å². The lowest BCUT2D eigenvalue weighted by Gasteiger charge is -2.14. The Morgan fingerprint density at radius 1 is 1.29 bits per heavy atom. The molecule has 94 valence electrons. The molecule has 5 heteroatoms. The molecular formula is C12H13F4N. The molecule has 1 aliphatic rings. The molecule has 1 atom stereocenters. The van der Waals surface area contributed by atoms with Gasteiger partial charge in [-0.05, 0) is 30.0 Å². The Morgan fingerprint density at radius 2 is 1.94 bits per heavy atom. The Hall–Kier alpha value is -1.10. The van der Waals surface area contributed by atoms with E-state index >= 15 is 0 Å². The molecule has 17 heavy (non-hydrogen) atoms. The van der Waals surface area contributed by atoms with Crippen LogP contribution >= 0.6 is 0 Å². The Kier molecular flexibility index (Phi) is 3.12. The first kappa shape index (κ1) is 12.4. The number of alkyl halides is 3. The normalized spacial score (nSPS) is 18.2. The van der Waals surface area contributed by atoms with Crippen molar-refractivity contribution in [1.29, 1.82) is 0 Å². The van der Waals surface area contributed by atoms with Crippen molar-refractivity contribution in [2.24, 2.45) is 11.7 Å². The fraction of sp³-hybridized carbons (Fsp3) is 0.500. The average molecular weight is 247 g/mol. The van der Waals surface area contributed by atoms with Crippen LogP contribution in [0.5, 0.6) is 0 Å². The van der Waals surface area contributed by atoms with Gasteiger partial charge in [-0.3, -0.25) is 0 Å². The molecule has 0 bridgehead atoms. The summed E-state index contributed by atoms with van der Waals surface area (Å²) in [5.74, 6) is -0.698. The van der Waals surface area contributed by atoms with E-state index in [0.29, 0.717) is 17.9 Å². The summed E-state index contributed by atoms with van der Waals surface area (Å²) in [6.45, 7) is 0. The van der Waals surface area contributed by atoms with Crippen LogP contribution in [0.2, 0.25) is 0 Å². The van der Waals surface area contributed by atoms with Crippen molar-refractivity contribution < 1.29 is 17.6 Å². The van der Waals surface area contributed by atoms with Crippen LogP contribution in [0.4, 0.5) is 17.6 Å². The van der Waals surface area contributed by atoms with Crippen LogP contribution in [-0.4, -0.2) is 0 Å². The summed E-state index contributed by atoms with van der Waals surface area (Å²) in [7, 11) is 0. The quantitative estimate of drug-likeness (QED) is 0.811. The van der Waals surface area contributed by atoms with Gasteiger partial charge in [-0.2, -0.15) is 13.2 Å². The lowest BCUT2D eigenvalue weighted by Crippen LogP contribution is -2.13. The molecule has 0 unspecified atom stereocenters. The lowest BCUT2D eigenvalue weighted by molar-refractivity contribution is -0.140. The molecule has 1 saturated carbocycles. The molecule has 0 amide bonds. The van der Waals surface area contributed by atoms with Crippen LogP contribution in [-0.2, 0) is 6.18 Å². The molecular weight excluding hydrogens is 234 g/mol. The van der Waals surface area contributed by atoms with E-state index < -0.39 is 17.6 Å². The molecule has 1 aliphatic carbocycles. The van der Waals surface area contributed by atoms with Crippen molar-refractivity contribution in [1.82, 2.24) is 0 Å². The minimum Gasteiger partial charge on any atom is -0.324 e. The van der Waals surface area contributed by atoms with Crippen LogP contribution in [0.3, 0.4) is 0 Å². The van der Waals surface area contributed by atoms with Crippen molar-refractivity contribution in [2.45, 2.75) is 31.5 Å². The zero-order chi connectivity index (χ0) is 12.6. The van der Waals surface area contributed by atoms with Crippen LogP contribution in [0, 0.1) is 11.7 Å². The van der Waals surface area contributed by atoms with Gasteiger partial charge in [0.15, 0.2) is 0 Å². The number of rotatable bonds is 3. The van der Waals surface area contributed by atoms with Crippen LogP contribution < -0.4 is 5.73 Å². The van der Waals surface area contributed by atoms with Gasteiger partial charge in [-0.25, -0.2) is 4.39 Å². The topological polar surface area (TPSA) is 26.0 Å². The molecule has 1 aromatic carbocycles. The molecule has 1 fully saturated rings. The van der Waals surface area contributed by atoms with Gasteiger partial charge in [-0.15, -0.1) is 0 Å². The van der Waals surface area contributed by atoms with Gasteiger partial charge >= 0.3 is 6.18 Å². The maximum atomic E-state index is 13.3. The molecule has 0 saturated heterocycles. The highest BCUT2D eigenvalue weighted by molar-refractivity contribution is 5.28. The second kappa shape index (κ2) is 4.29. The van der Waals surface area contributed by atoms with Crippen molar-refractivity contribution in [2.75, 3.05) is 0 Å². The largest absolute Gasteiger partial charge is 0.419 e. The van der Waals surface area contributed by atoms with Crippen LogP contribution in [0.15, 0.2) is 18.2 Å². The third kappa shape index (κ3) is 2.97. The fourth-order valence-corrected chi connectivity index (χ4v) is 1.84. The standard InChI is InChI=1S/C12H13F4N/c13-10-6-8(11(17)5-7-1-2-7)3-4-9(10)12(14,15)16/h3-4,6-7,11H,1-2,5,17H2/t11-/m0/s1. The maximum absolute atomic E-state index is 13.3. The average Bonchev–Trinajstić information content (AvgIpc) is 2.99. The molecule has 0 spiro atoms. The van der Waals surface area contributed by atoms with E-state index in [0.717, 1.165) is 25.0 Å². The summed E-state index contributed by atoms with van der Waals surface area (Å²) in [5.41, 5.74) is 5.01. The third-order valence-corrected chi connectivity index (χ3v) is 3.01. The summed E-state index contributed by atoms with van der Waals surface area (Å²) < 4.78 is 50.3. The molecule has 1 nitrogen and oxygen atoms in total. The van der Waals surface area contributed by atoms with E-state index in [9.17, 15) is 17.6 Å². The minimum absolute atomic E-state index is 0.376. The van der Waals surface area contributed by atoms with Crippen molar-refractivity contribution in [3.05, 3.63) is 35.1 Å². The monoisotopic (exact) mass is 247 g/mol. The van der Waals surface area contributed by atoms with E-state index in [4.69, 9.17) is 5.73 Å². The summed E-state index contributed by atoms with van der Waals surface area (Å²) >= 11 is 0. The fourth-order valence-electron chi connectivity index (χ4n) is 1.84. The van der Waals surface area contributed by atoms with Crippen molar-refractivity contribution in [3.8, 4) is 0 Å². The number of hydrogen-bond donors (Lipinski definition) is 1. The SMILES string of the molecule is N[C@@H](CC1CC1)c1ccc(C(F)(F)F)c(F)c1. The van der Waals surface area contributed by atoms with Crippen molar-refractivity contribution in [3.63, 3.8) is 0 Å². The smallest absolute Gasteiger partial charge is 0.324 e. The highest BCUT2D eigenvalue weighted by Gasteiger charge is 2.34. The Labute approximate surface area is 96.6 Å². The predicted octanol–water partition coefficient (Wildman–Crippen LogP) is 3.64. The van der Waals surface area contributed by atoms with Gasteiger partial charge in [-0.1, -0.05) is 18.9 Å². The van der Waals surface area contributed by atoms with E-state index in [-0.39, 0.29) is 6.04 Å². The van der Waals surface area contributed by atoms with Crippen LogP contribution in [0.25, 0.3) is 0 Å². The van der Waals surface area contributed by atoms with Gasteiger partial charge in [0.05, 0.1) is 5.56 Å². The number of nitrogens with two attached hydrogens (primary N) is 1. The zero-order valence-electron chi connectivity index (χ0n) is 9.10. The number of halogens is 4. The molecule has 0 aromatic heterocycles. The molecule has 2 rings (SSSR count). The van der Waals surface area contributed by atoms with Gasteiger partial charge in [0.1, 0.15) is 5.82 Å². The van der Waals surface area contributed by atoms with Gasteiger partial charge in [0.2, 0.25) is 0 Å². The maximum Gasteiger partial charge on any atom is 0.419 e. The Balaban J connectivity index is 2.17. The Bertz CT molecular complexity index is 409. The highest BCUT2D eigenvalue weighted by atomic mass is 19.4. The zero-order valence-corrected chi connectivity index (χ0v) is 9.10. The van der Waals surface area contributed by atoms with Gasteiger partial charge in [0, 0.05) is 6.04 Å². The van der Waals surface area contributed by atoms with E-state index in [1.807, 2.05) is 0 Å². The first-order valence-electron chi connectivity index (χ1n) is 5.50. The number of benzene rings is 1. The summed E-state index contributed by atoms with van der Waals surface area (Å²) in [4.78, 5) is 0. The molecule has 2 N–H and O–H groups in total.